The second kappa shape index (κ2) is 9.83. The molecule has 1 aromatic heterocycles. The molecule has 1 unspecified atom stereocenters. The highest BCUT2D eigenvalue weighted by molar-refractivity contribution is 5.64. The summed E-state index contributed by atoms with van der Waals surface area (Å²) < 4.78 is 5.98. The first-order chi connectivity index (χ1) is 16.2. The molecular formula is C27H30N4O2. The molecule has 0 bridgehead atoms. The van der Waals surface area contributed by atoms with E-state index < -0.39 is 6.23 Å². The maximum absolute atomic E-state index is 11.6. The van der Waals surface area contributed by atoms with Crippen LogP contribution in [-0.2, 0) is 16.1 Å². The van der Waals surface area contributed by atoms with Crippen molar-refractivity contribution in [3.05, 3.63) is 84.1 Å². The molecule has 0 spiro atoms. The quantitative estimate of drug-likeness (QED) is 0.544. The molecule has 2 atom stereocenters. The van der Waals surface area contributed by atoms with Gasteiger partial charge in [0, 0.05) is 51.0 Å². The van der Waals surface area contributed by atoms with Crippen LogP contribution < -0.4 is 4.90 Å². The van der Waals surface area contributed by atoms with Crippen molar-refractivity contribution in [2.45, 2.75) is 18.9 Å². The van der Waals surface area contributed by atoms with Gasteiger partial charge in [-0.05, 0) is 35.9 Å². The van der Waals surface area contributed by atoms with Crippen molar-refractivity contribution in [1.29, 1.82) is 0 Å². The van der Waals surface area contributed by atoms with Crippen LogP contribution in [-0.4, -0.2) is 67.1 Å². The Labute approximate surface area is 195 Å². The number of hydrogen-bond donors (Lipinski definition) is 0. The van der Waals surface area contributed by atoms with Gasteiger partial charge in [-0.1, -0.05) is 54.6 Å². The van der Waals surface area contributed by atoms with Gasteiger partial charge in [-0.3, -0.25) is 9.69 Å². The lowest BCUT2D eigenvalue weighted by molar-refractivity contribution is -0.123. The van der Waals surface area contributed by atoms with Gasteiger partial charge in [0.15, 0.2) is 12.5 Å². The number of aldehydes is 1. The van der Waals surface area contributed by atoms with Gasteiger partial charge in [0.05, 0.1) is 6.10 Å². The summed E-state index contributed by atoms with van der Waals surface area (Å²) in [5.74, 6) is 1.05. The number of benzene rings is 2. The highest BCUT2D eigenvalue weighted by atomic mass is 16.5. The molecule has 2 saturated heterocycles. The summed E-state index contributed by atoms with van der Waals surface area (Å²) in [4.78, 5) is 23.1. The molecule has 0 radical (unpaired) electrons. The lowest BCUT2D eigenvalue weighted by Gasteiger charge is -2.33. The second-order valence-corrected chi connectivity index (χ2v) is 8.88. The average molecular weight is 443 g/mol. The van der Waals surface area contributed by atoms with Gasteiger partial charge in [-0.2, -0.15) is 0 Å². The van der Waals surface area contributed by atoms with Crippen LogP contribution in [0.25, 0.3) is 11.1 Å². The minimum absolute atomic E-state index is 0.0782. The molecule has 2 fully saturated rings. The number of ether oxygens (including phenoxy) is 1. The summed E-state index contributed by atoms with van der Waals surface area (Å²) in [5, 5.41) is 0. The Bertz CT molecular complexity index is 1050. The second-order valence-electron chi connectivity index (χ2n) is 8.88. The number of carbonyl (C=O) groups excluding carboxylic acids is 1. The molecule has 0 amide bonds. The Kier molecular flexibility index (Phi) is 6.48. The van der Waals surface area contributed by atoms with Crippen molar-refractivity contribution in [1.82, 2.24) is 14.8 Å². The van der Waals surface area contributed by atoms with E-state index in [2.05, 4.69) is 58.1 Å². The van der Waals surface area contributed by atoms with E-state index in [-0.39, 0.29) is 6.10 Å². The van der Waals surface area contributed by atoms with E-state index in [0.717, 1.165) is 60.5 Å². The van der Waals surface area contributed by atoms with E-state index in [1.807, 2.05) is 36.5 Å². The highest BCUT2D eigenvalue weighted by Crippen LogP contribution is 2.30. The van der Waals surface area contributed by atoms with Gasteiger partial charge in [0.25, 0.3) is 0 Å². The molecule has 6 heteroatoms. The van der Waals surface area contributed by atoms with Crippen LogP contribution in [0.2, 0.25) is 0 Å². The molecule has 3 aromatic rings. The summed E-state index contributed by atoms with van der Waals surface area (Å²) in [6, 6.07) is 22.9. The third-order valence-electron chi connectivity index (χ3n) is 6.60. The molecule has 6 nitrogen and oxygen atoms in total. The number of pyridine rings is 1. The van der Waals surface area contributed by atoms with Crippen molar-refractivity contribution in [3.8, 4) is 11.1 Å². The van der Waals surface area contributed by atoms with E-state index >= 15 is 0 Å². The largest absolute Gasteiger partial charge is 0.354 e. The normalized spacial score (nSPS) is 21.9. The fraction of sp³-hybridized carbons (Fsp3) is 0.333. The monoisotopic (exact) mass is 442 g/mol. The number of aromatic nitrogens is 1. The number of rotatable bonds is 6. The predicted molar refractivity (Wildman–Crippen MR) is 130 cm³/mol. The molecule has 0 N–H and O–H groups in total. The maximum atomic E-state index is 11.6. The van der Waals surface area contributed by atoms with Crippen LogP contribution in [0.3, 0.4) is 0 Å². The molecule has 5 rings (SSSR count). The van der Waals surface area contributed by atoms with Crippen molar-refractivity contribution in [2.75, 3.05) is 44.7 Å². The summed E-state index contributed by atoms with van der Waals surface area (Å²) in [6.07, 6.45) is 2.26. The highest BCUT2D eigenvalue weighted by Gasteiger charge is 2.33. The zero-order valence-electron chi connectivity index (χ0n) is 19.0. The average Bonchev–Trinajstić information content (AvgIpc) is 3.28. The van der Waals surface area contributed by atoms with Crippen molar-refractivity contribution >= 4 is 12.1 Å². The van der Waals surface area contributed by atoms with E-state index in [0.29, 0.717) is 13.1 Å². The Morgan fingerprint density at radius 3 is 2.33 bits per heavy atom. The van der Waals surface area contributed by atoms with Crippen LogP contribution in [0.5, 0.6) is 0 Å². The van der Waals surface area contributed by atoms with E-state index in [1.54, 1.807) is 0 Å². The topological polar surface area (TPSA) is 48.9 Å². The number of piperazine rings is 1. The van der Waals surface area contributed by atoms with Crippen LogP contribution in [0.15, 0.2) is 72.9 Å². The van der Waals surface area contributed by atoms with E-state index in [4.69, 9.17) is 9.72 Å². The van der Waals surface area contributed by atoms with Gasteiger partial charge in [0.1, 0.15) is 5.82 Å². The van der Waals surface area contributed by atoms with Gasteiger partial charge >= 0.3 is 0 Å². The minimum atomic E-state index is -0.513. The minimum Gasteiger partial charge on any atom is -0.354 e. The molecule has 3 heterocycles. The Morgan fingerprint density at radius 1 is 0.939 bits per heavy atom. The molecule has 0 aliphatic carbocycles. The Hall–Kier alpha value is -3.06. The van der Waals surface area contributed by atoms with Gasteiger partial charge in [0.2, 0.25) is 0 Å². The van der Waals surface area contributed by atoms with Crippen LogP contribution in [0.4, 0.5) is 5.82 Å². The summed E-state index contributed by atoms with van der Waals surface area (Å²) in [7, 11) is 2.16. The lowest BCUT2D eigenvalue weighted by Crippen LogP contribution is -2.44. The van der Waals surface area contributed by atoms with E-state index in [9.17, 15) is 4.79 Å². The number of anilines is 1. The standard InChI is InChI=1S/C27H30N4O2/c1-29-13-15-30(16-14-29)26-12-11-24(17-28-26)22-9-7-21(8-10-22)18-31-19-25(33-27(31)20-32)23-5-3-2-4-6-23/h2-12,17,20,25,27H,13-16,18-19H2,1H3/t25-,27?/m0/s1. The molecule has 33 heavy (non-hydrogen) atoms. The molecule has 0 saturated carbocycles. The van der Waals surface area contributed by atoms with Crippen molar-refractivity contribution in [3.63, 3.8) is 0 Å². The molecular weight excluding hydrogens is 412 g/mol. The fourth-order valence-corrected chi connectivity index (χ4v) is 4.56. The van der Waals surface area contributed by atoms with Crippen LogP contribution in [0, 0.1) is 0 Å². The molecule has 2 aromatic carbocycles. The van der Waals surface area contributed by atoms with Crippen LogP contribution >= 0.6 is 0 Å². The number of likely N-dealkylation sites (N-methyl/N-ethyl adjacent to an activating group) is 1. The van der Waals surface area contributed by atoms with Gasteiger partial charge < -0.3 is 14.5 Å². The first-order valence-corrected chi connectivity index (χ1v) is 11.6. The van der Waals surface area contributed by atoms with Crippen molar-refractivity contribution < 1.29 is 9.53 Å². The Balaban J connectivity index is 1.23. The third-order valence-corrected chi connectivity index (χ3v) is 6.60. The van der Waals surface area contributed by atoms with Gasteiger partial charge in [-0.25, -0.2) is 4.98 Å². The number of carbonyl (C=O) groups is 1. The first-order valence-electron chi connectivity index (χ1n) is 11.6. The summed E-state index contributed by atoms with van der Waals surface area (Å²) in [6.45, 7) is 5.56. The zero-order chi connectivity index (χ0) is 22.6. The van der Waals surface area contributed by atoms with Crippen LogP contribution in [0.1, 0.15) is 17.2 Å². The van der Waals surface area contributed by atoms with E-state index in [1.165, 1.54) is 0 Å². The number of hydrogen-bond acceptors (Lipinski definition) is 6. The third kappa shape index (κ3) is 4.98. The predicted octanol–water partition coefficient (Wildman–Crippen LogP) is 3.60. The van der Waals surface area contributed by atoms with Gasteiger partial charge in [-0.15, -0.1) is 0 Å². The number of nitrogens with zero attached hydrogens (tertiary/aromatic N) is 4. The van der Waals surface area contributed by atoms with Crippen molar-refractivity contribution in [2.24, 2.45) is 0 Å². The molecule has 2 aliphatic heterocycles. The first kappa shape index (κ1) is 21.8. The smallest absolute Gasteiger partial charge is 0.168 e. The molecule has 2 aliphatic rings. The summed E-state index contributed by atoms with van der Waals surface area (Å²) in [5.41, 5.74) is 4.52. The SMILES string of the molecule is CN1CCN(c2ccc(-c3ccc(CN4C[C@@H](c5ccccc5)OC4C=O)cc3)cn2)CC1. The Morgan fingerprint density at radius 2 is 1.67 bits per heavy atom. The summed E-state index contributed by atoms with van der Waals surface area (Å²) >= 11 is 0. The molecule has 170 valence electrons. The lowest BCUT2D eigenvalue weighted by atomic mass is 10.0. The zero-order valence-corrected chi connectivity index (χ0v) is 19.0. The maximum Gasteiger partial charge on any atom is 0.168 e. The fourth-order valence-electron chi connectivity index (χ4n) is 4.56.